The summed E-state index contributed by atoms with van der Waals surface area (Å²) in [5.74, 6) is -0.0243. The number of amides is 1. The first kappa shape index (κ1) is 15.7. The van der Waals surface area contributed by atoms with Crippen molar-refractivity contribution in [2.24, 2.45) is 0 Å². The Balaban J connectivity index is 1.58. The van der Waals surface area contributed by atoms with Crippen LogP contribution in [0.3, 0.4) is 0 Å². The van der Waals surface area contributed by atoms with E-state index in [4.69, 9.17) is 0 Å². The third kappa shape index (κ3) is 3.78. The molecular formula is C17H23N5O. The Kier molecular flexibility index (Phi) is 4.73. The molecule has 1 unspecified atom stereocenters. The number of likely N-dealkylation sites (N-methyl/N-ethyl adjacent to an activating group) is 2. The maximum absolute atomic E-state index is 12.3. The molecule has 1 aromatic carbocycles. The number of carbonyl (C=O) groups excluding carboxylic acids is 1. The van der Waals surface area contributed by atoms with Crippen LogP contribution in [0.2, 0.25) is 0 Å². The molecule has 0 spiro atoms. The Labute approximate surface area is 136 Å². The Bertz CT molecular complexity index is 638. The van der Waals surface area contributed by atoms with Crippen LogP contribution < -0.4 is 5.32 Å². The van der Waals surface area contributed by atoms with Gasteiger partial charge in [0.25, 0.3) is 5.91 Å². The van der Waals surface area contributed by atoms with Crippen molar-refractivity contribution in [2.45, 2.75) is 6.04 Å². The van der Waals surface area contributed by atoms with E-state index in [-0.39, 0.29) is 5.91 Å². The van der Waals surface area contributed by atoms with Crippen LogP contribution in [0.1, 0.15) is 10.4 Å². The van der Waals surface area contributed by atoms with Crippen LogP contribution in [0.5, 0.6) is 0 Å². The van der Waals surface area contributed by atoms with Crippen molar-refractivity contribution in [3.05, 3.63) is 48.5 Å². The molecular weight excluding hydrogens is 290 g/mol. The molecule has 1 aliphatic rings. The minimum atomic E-state index is -0.0243. The fourth-order valence-corrected chi connectivity index (χ4v) is 2.83. The van der Waals surface area contributed by atoms with Crippen molar-refractivity contribution in [3.63, 3.8) is 0 Å². The Hall–Kier alpha value is -2.18. The molecule has 0 radical (unpaired) electrons. The average Bonchev–Trinajstić information content (AvgIpc) is 3.10. The summed E-state index contributed by atoms with van der Waals surface area (Å²) in [5, 5.41) is 3.05. The zero-order chi connectivity index (χ0) is 16.2. The highest BCUT2D eigenvalue weighted by molar-refractivity contribution is 5.94. The van der Waals surface area contributed by atoms with E-state index < -0.39 is 0 Å². The maximum Gasteiger partial charge on any atom is 0.251 e. The Morgan fingerprint density at radius 2 is 2.04 bits per heavy atom. The summed E-state index contributed by atoms with van der Waals surface area (Å²) in [4.78, 5) is 20.9. The number of piperazine rings is 1. The lowest BCUT2D eigenvalue weighted by molar-refractivity contribution is 0.0881. The third-order valence-corrected chi connectivity index (χ3v) is 4.41. The standard InChI is InChI=1S/C17H23N5O/c1-20-9-10-21(2)16(12-20)11-19-17(23)14-3-5-15(6-4-14)22-8-7-18-13-22/h3-8,13,16H,9-12H2,1-2H3,(H,19,23). The van der Waals surface area contributed by atoms with E-state index >= 15 is 0 Å². The highest BCUT2D eigenvalue weighted by Crippen LogP contribution is 2.10. The predicted molar refractivity (Wildman–Crippen MR) is 89.8 cm³/mol. The van der Waals surface area contributed by atoms with E-state index in [1.807, 2.05) is 35.0 Å². The van der Waals surface area contributed by atoms with Crippen molar-refractivity contribution >= 4 is 5.91 Å². The second-order valence-corrected chi connectivity index (χ2v) is 6.12. The third-order valence-electron chi connectivity index (χ3n) is 4.41. The molecule has 2 heterocycles. The van der Waals surface area contributed by atoms with Crippen molar-refractivity contribution < 1.29 is 4.79 Å². The van der Waals surface area contributed by atoms with Crippen LogP contribution in [0.25, 0.3) is 5.69 Å². The van der Waals surface area contributed by atoms with E-state index in [1.165, 1.54) is 0 Å². The smallest absolute Gasteiger partial charge is 0.251 e. The summed E-state index contributed by atoms with van der Waals surface area (Å²) in [5.41, 5.74) is 1.67. The lowest BCUT2D eigenvalue weighted by atomic mass is 10.1. The van der Waals surface area contributed by atoms with Gasteiger partial charge < -0.3 is 14.8 Å². The molecule has 6 heteroatoms. The van der Waals surface area contributed by atoms with Gasteiger partial charge in [-0.2, -0.15) is 0 Å². The number of hydrogen-bond donors (Lipinski definition) is 1. The van der Waals surface area contributed by atoms with Gasteiger partial charge in [-0.25, -0.2) is 4.98 Å². The Morgan fingerprint density at radius 3 is 2.74 bits per heavy atom. The fourth-order valence-electron chi connectivity index (χ4n) is 2.83. The van der Waals surface area contributed by atoms with E-state index in [2.05, 4.69) is 34.2 Å². The van der Waals surface area contributed by atoms with Crippen LogP contribution >= 0.6 is 0 Å². The summed E-state index contributed by atoms with van der Waals surface area (Å²) in [6.45, 7) is 3.77. The van der Waals surface area contributed by atoms with Crippen LogP contribution in [-0.4, -0.2) is 71.6 Å². The van der Waals surface area contributed by atoms with Gasteiger partial charge in [0.05, 0.1) is 6.33 Å². The molecule has 1 N–H and O–H groups in total. The van der Waals surface area contributed by atoms with Crippen LogP contribution in [-0.2, 0) is 0 Å². The monoisotopic (exact) mass is 313 g/mol. The van der Waals surface area contributed by atoms with Gasteiger partial charge in [0.15, 0.2) is 0 Å². The minimum Gasteiger partial charge on any atom is -0.350 e. The lowest BCUT2D eigenvalue weighted by Gasteiger charge is -2.37. The van der Waals surface area contributed by atoms with Crippen molar-refractivity contribution in [2.75, 3.05) is 40.3 Å². The molecule has 1 aliphatic heterocycles. The highest BCUT2D eigenvalue weighted by Gasteiger charge is 2.22. The number of hydrogen-bond acceptors (Lipinski definition) is 4. The largest absolute Gasteiger partial charge is 0.350 e. The van der Waals surface area contributed by atoms with Crippen LogP contribution in [0, 0.1) is 0 Å². The number of nitrogens with zero attached hydrogens (tertiary/aromatic N) is 4. The summed E-state index contributed by atoms with van der Waals surface area (Å²) in [6, 6.07) is 7.92. The average molecular weight is 313 g/mol. The van der Waals surface area contributed by atoms with Gasteiger partial charge in [0.2, 0.25) is 0 Å². The zero-order valence-corrected chi connectivity index (χ0v) is 13.6. The second kappa shape index (κ2) is 6.93. The van der Waals surface area contributed by atoms with Gasteiger partial charge in [-0.15, -0.1) is 0 Å². The quantitative estimate of drug-likeness (QED) is 0.909. The maximum atomic E-state index is 12.3. The number of imidazole rings is 1. The van der Waals surface area contributed by atoms with Crippen molar-refractivity contribution in [1.29, 1.82) is 0 Å². The summed E-state index contributed by atoms with van der Waals surface area (Å²) in [7, 11) is 4.24. The fraction of sp³-hybridized carbons (Fsp3) is 0.412. The zero-order valence-electron chi connectivity index (χ0n) is 13.6. The first-order valence-electron chi connectivity index (χ1n) is 7.89. The Morgan fingerprint density at radius 1 is 1.26 bits per heavy atom. The highest BCUT2D eigenvalue weighted by atomic mass is 16.1. The minimum absolute atomic E-state index is 0.0243. The number of rotatable bonds is 4. The van der Waals surface area contributed by atoms with Gasteiger partial charge in [0.1, 0.15) is 0 Å². The number of nitrogens with one attached hydrogen (secondary N) is 1. The molecule has 6 nitrogen and oxygen atoms in total. The van der Waals surface area contributed by atoms with Gasteiger partial charge >= 0.3 is 0 Å². The number of aromatic nitrogens is 2. The topological polar surface area (TPSA) is 53.4 Å². The molecule has 1 atom stereocenters. The van der Waals surface area contributed by atoms with Crippen LogP contribution in [0.15, 0.2) is 43.0 Å². The lowest BCUT2D eigenvalue weighted by Crippen LogP contribution is -2.54. The molecule has 0 bridgehead atoms. The number of benzene rings is 1. The van der Waals surface area contributed by atoms with Gasteiger partial charge in [0, 0.05) is 55.9 Å². The second-order valence-electron chi connectivity index (χ2n) is 6.12. The van der Waals surface area contributed by atoms with Gasteiger partial charge in [-0.1, -0.05) is 0 Å². The molecule has 23 heavy (non-hydrogen) atoms. The molecule has 3 rings (SSSR count). The van der Waals surface area contributed by atoms with Gasteiger partial charge in [-0.3, -0.25) is 9.69 Å². The molecule has 1 saturated heterocycles. The molecule has 0 saturated carbocycles. The van der Waals surface area contributed by atoms with Crippen LogP contribution in [0.4, 0.5) is 0 Å². The molecule has 2 aromatic rings. The first-order chi connectivity index (χ1) is 11.1. The molecule has 1 amide bonds. The molecule has 0 aliphatic carbocycles. The molecule has 1 aromatic heterocycles. The van der Waals surface area contributed by atoms with E-state index in [1.54, 1.807) is 12.5 Å². The van der Waals surface area contributed by atoms with E-state index in [0.29, 0.717) is 18.2 Å². The summed E-state index contributed by atoms with van der Waals surface area (Å²) < 4.78 is 1.91. The number of carbonyl (C=O) groups is 1. The van der Waals surface area contributed by atoms with E-state index in [9.17, 15) is 4.79 Å². The summed E-state index contributed by atoms with van der Waals surface area (Å²) >= 11 is 0. The SMILES string of the molecule is CN1CCN(C)C(CNC(=O)c2ccc(-n3ccnc3)cc2)C1. The predicted octanol–water partition coefficient (Wildman–Crippen LogP) is 0.848. The first-order valence-corrected chi connectivity index (χ1v) is 7.89. The molecule has 122 valence electrons. The van der Waals surface area contributed by atoms with Crippen molar-refractivity contribution in [1.82, 2.24) is 24.7 Å². The normalized spacial score (nSPS) is 19.7. The van der Waals surface area contributed by atoms with E-state index in [0.717, 1.165) is 25.3 Å². The van der Waals surface area contributed by atoms with Crippen molar-refractivity contribution in [3.8, 4) is 5.69 Å². The molecule has 1 fully saturated rings. The van der Waals surface area contributed by atoms with Gasteiger partial charge in [-0.05, 0) is 38.4 Å². The summed E-state index contributed by atoms with van der Waals surface area (Å²) in [6.07, 6.45) is 5.35.